The second-order valence-corrected chi connectivity index (χ2v) is 5.15. The van der Waals surface area contributed by atoms with Crippen molar-refractivity contribution in [2.45, 2.75) is 51.6 Å². The lowest BCUT2D eigenvalue weighted by molar-refractivity contribution is 0.497. The van der Waals surface area contributed by atoms with Crippen LogP contribution in [0.5, 0.6) is 0 Å². The zero-order valence-electron chi connectivity index (χ0n) is 10.6. The summed E-state index contributed by atoms with van der Waals surface area (Å²) in [4.78, 5) is 0. The van der Waals surface area contributed by atoms with Gasteiger partial charge in [0.15, 0.2) is 0 Å². The largest absolute Gasteiger partial charge is 0.309 e. The molecule has 92 valence electrons. The van der Waals surface area contributed by atoms with Gasteiger partial charge >= 0.3 is 0 Å². The first-order chi connectivity index (χ1) is 7.52. The summed E-state index contributed by atoms with van der Waals surface area (Å²) < 4.78 is 1.95. The maximum absolute atomic E-state index is 5.95. The molecule has 1 aromatic rings. The first-order valence-electron chi connectivity index (χ1n) is 5.92. The Kier molecular flexibility index (Phi) is 5.29. The number of halogens is 1. The number of hydrogen-bond acceptors (Lipinski definition) is 2. The molecule has 1 rings (SSSR count). The van der Waals surface area contributed by atoms with Crippen LogP contribution in [0.3, 0.4) is 0 Å². The molecule has 2 atom stereocenters. The van der Waals surface area contributed by atoms with E-state index in [0.717, 1.165) is 25.1 Å². The summed E-state index contributed by atoms with van der Waals surface area (Å²) >= 11 is 5.95. The van der Waals surface area contributed by atoms with Crippen LogP contribution in [0, 0.1) is 0 Å². The van der Waals surface area contributed by atoms with Crippen molar-refractivity contribution < 1.29 is 0 Å². The van der Waals surface area contributed by atoms with Crippen molar-refractivity contribution >= 4 is 11.6 Å². The van der Waals surface area contributed by atoms with Gasteiger partial charge < -0.3 is 5.32 Å². The van der Waals surface area contributed by atoms with Gasteiger partial charge in [0.25, 0.3) is 0 Å². The van der Waals surface area contributed by atoms with E-state index in [-0.39, 0.29) is 5.38 Å². The van der Waals surface area contributed by atoms with Crippen LogP contribution in [0.15, 0.2) is 6.07 Å². The van der Waals surface area contributed by atoms with Gasteiger partial charge in [-0.25, -0.2) is 0 Å². The highest BCUT2D eigenvalue weighted by Crippen LogP contribution is 2.07. The van der Waals surface area contributed by atoms with Crippen LogP contribution in [-0.4, -0.2) is 21.2 Å². The maximum atomic E-state index is 5.95. The van der Waals surface area contributed by atoms with E-state index in [1.54, 1.807) is 0 Å². The van der Waals surface area contributed by atoms with E-state index < -0.39 is 0 Å². The minimum atomic E-state index is 0.222. The second-order valence-electron chi connectivity index (χ2n) is 4.40. The molecule has 1 heterocycles. The zero-order valence-corrected chi connectivity index (χ0v) is 11.4. The average Bonchev–Trinajstić information content (AvgIpc) is 2.55. The minimum absolute atomic E-state index is 0.222. The monoisotopic (exact) mass is 243 g/mol. The lowest BCUT2D eigenvalue weighted by atomic mass is 10.2. The molecule has 0 saturated heterocycles. The van der Waals surface area contributed by atoms with E-state index in [4.69, 9.17) is 11.6 Å². The molecule has 0 aromatic carbocycles. The quantitative estimate of drug-likeness (QED) is 0.778. The lowest BCUT2D eigenvalue weighted by Crippen LogP contribution is -2.28. The Bertz CT molecular complexity index is 320. The molecule has 0 saturated carbocycles. The predicted octanol–water partition coefficient (Wildman–Crippen LogP) is 2.48. The lowest BCUT2D eigenvalue weighted by Gasteiger charge is -2.14. The van der Waals surface area contributed by atoms with Crippen molar-refractivity contribution in [3.63, 3.8) is 0 Å². The van der Waals surface area contributed by atoms with Crippen molar-refractivity contribution in [2.24, 2.45) is 7.05 Å². The normalized spacial score (nSPS) is 15.1. The molecule has 3 nitrogen and oxygen atoms in total. The molecule has 0 aliphatic heterocycles. The van der Waals surface area contributed by atoms with Crippen molar-refractivity contribution in [1.82, 2.24) is 15.1 Å². The summed E-state index contributed by atoms with van der Waals surface area (Å²) in [6.45, 7) is 7.17. The first kappa shape index (κ1) is 13.5. The van der Waals surface area contributed by atoms with Crippen LogP contribution >= 0.6 is 11.6 Å². The van der Waals surface area contributed by atoms with Gasteiger partial charge in [-0.3, -0.25) is 4.68 Å². The summed E-state index contributed by atoms with van der Waals surface area (Å²) in [5.74, 6) is 0. The SMILES string of the molecule is CCc1cc(CNC(C)CC(C)Cl)n(C)n1. The van der Waals surface area contributed by atoms with E-state index >= 15 is 0 Å². The van der Waals surface area contributed by atoms with Gasteiger partial charge in [0.1, 0.15) is 0 Å². The number of rotatable bonds is 6. The van der Waals surface area contributed by atoms with E-state index in [2.05, 4.69) is 30.3 Å². The zero-order chi connectivity index (χ0) is 12.1. The average molecular weight is 244 g/mol. The topological polar surface area (TPSA) is 29.9 Å². The van der Waals surface area contributed by atoms with Gasteiger partial charge in [0.2, 0.25) is 0 Å². The Labute approximate surface area is 103 Å². The molecular weight excluding hydrogens is 222 g/mol. The molecular formula is C12H22ClN3. The summed E-state index contributed by atoms with van der Waals surface area (Å²) in [5.41, 5.74) is 2.38. The third-order valence-corrected chi connectivity index (χ3v) is 2.88. The van der Waals surface area contributed by atoms with Crippen molar-refractivity contribution in [3.05, 3.63) is 17.5 Å². The highest BCUT2D eigenvalue weighted by Gasteiger charge is 2.08. The summed E-state index contributed by atoms with van der Waals surface area (Å²) in [6, 6.07) is 2.59. The number of aryl methyl sites for hydroxylation is 2. The molecule has 0 aliphatic rings. The van der Waals surface area contributed by atoms with Crippen molar-refractivity contribution in [3.8, 4) is 0 Å². The smallest absolute Gasteiger partial charge is 0.0625 e. The van der Waals surface area contributed by atoms with Crippen LogP contribution in [-0.2, 0) is 20.0 Å². The summed E-state index contributed by atoms with van der Waals surface area (Å²) in [7, 11) is 1.99. The predicted molar refractivity (Wildman–Crippen MR) is 68.8 cm³/mol. The van der Waals surface area contributed by atoms with E-state index in [9.17, 15) is 0 Å². The third-order valence-electron chi connectivity index (χ3n) is 2.70. The molecule has 2 unspecified atom stereocenters. The van der Waals surface area contributed by atoms with Crippen molar-refractivity contribution in [1.29, 1.82) is 0 Å². The molecule has 1 N–H and O–H groups in total. The fourth-order valence-corrected chi connectivity index (χ4v) is 2.03. The Hall–Kier alpha value is -0.540. The number of nitrogens with zero attached hydrogens (tertiary/aromatic N) is 2. The Morgan fingerprint density at radius 2 is 2.19 bits per heavy atom. The van der Waals surface area contributed by atoms with Crippen LogP contribution in [0.4, 0.5) is 0 Å². The third kappa shape index (κ3) is 4.14. The molecule has 0 radical (unpaired) electrons. The molecule has 0 amide bonds. The van der Waals surface area contributed by atoms with Crippen LogP contribution < -0.4 is 5.32 Å². The molecule has 0 aliphatic carbocycles. The minimum Gasteiger partial charge on any atom is -0.309 e. The summed E-state index contributed by atoms with van der Waals surface area (Å²) in [6.07, 6.45) is 1.97. The highest BCUT2D eigenvalue weighted by molar-refractivity contribution is 6.20. The fraction of sp³-hybridized carbons (Fsp3) is 0.750. The Morgan fingerprint density at radius 3 is 2.69 bits per heavy atom. The van der Waals surface area contributed by atoms with E-state index in [0.29, 0.717) is 6.04 Å². The standard InChI is InChI=1S/C12H22ClN3/c1-5-11-7-12(16(4)15-11)8-14-10(3)6-9(2)13/h7,9-10,14H,5-6,8H2,1-4H3. The van der Waals surface area contributed by atoms with Gasteiger partial charge in [-0.05, 0) is 32.8 Å². The van der Waals surface area contributed by atoms with E-state index in [1.165, 1.54) is 5.69 Å². The van der Waals surface area contributed by atoms with Gasteiger partial charge in [-0.2, -0.15) is 5.10 Å². The molecule has 16 heavy (non-hydrogen) atoms. The second kappa shape index (κ2) is 6.26. The Balaban J connectivity index is 2.44. The molecule has 4 heteroatoms. The van der Waals surface area contributed by atoms with Gasteiger partial charge in [-0.15, -0.1) is 11.6 Å². The van der Waals surface area contributed by atoms with E-state index in [1.807, 2.05) is 18.7 Å². The fourth-order valence-electron chi connectivity index (χ4n) is 1.76. The summed E-state index contributed by atoms with van der Waals surface area (Å²) in [5, 5.41) is 8.10. The molecule has 0 bridgehead atoms. The molecule has 0 fully saturated rings. The molecule has 1 aromatic heterocycles. The Morgan fingerprint density at radius 1 is 1.50 bits per heavy atom. The number of hydrogen-bond donors (Lipinski definition) is 1. The van der Waals surface area contributed by atoms with Gasteiger partial charge in [0, 0.05) is 25.0 Å². The maximum Gasteiger partial charge on any atom is 0.0625 e. The van der Waals surface area contributed by atoms with Gasteiger partial charge in [-0.1, -0.05) is 6.92 Å². The number of alkyl halides is 1. The highest BCUT2D eigenvalue weighted by atomic mass is 35.5. The number of nitrogens with one attached hydrogen (secondary N) is 1. The van der Waals surface area contributed by atoms with Crippen LogP contribution in [0.1, 0.15) is 38.6 Å². The van der Waals surface area contributed by atoms with Crippen LogP contribution in [0.25, 0.3) is 0 Å². The number of aromatic nitrogens is 2. The van der Waals surface area contributed by atoms with Crippen LogP contribution in [0.2, 0.25) is 0 Å². The molecule has 0 spiro atoms. The van der Waals surface area contributed by atoms with Crippen molar-refractivity contribution in [2.75, 3.05) is 0 Å². The van der Waals surface area contributed by atoms with Gasteiger partial charge in [0.05, 0.1) is 11.4 Å². The first-order valence-corrected chi connectivity index (χ1v) is 6.35.